The number of halogens is 2. The van der Waals surface area contributed by atoms with E-state index in [4.69, 9.17) is 27.9 Å². The van der Waals surface area contributed by atoms with Gasteiger partial charge in [-0.2, -0.15) is 0 Å². The molecular formula is C16H24Cl2N2O2. The van der Waals surface area contributed by atoms with E-state index in [1.807, 2.05) is 31.1 Å². The third kappa shape index (κ3) is 5.08. The molecule has 1 aliphatic rings. The fourth-order valence-corrected chi connectivity index (χ4v) is 3.26. The van der Waals surface area contributed by atoms with Crippen molar-refractivity contribution < 1.29 is 9.84 Å². The molecule has 0 spiro atoms. The normalized spacial score (nSPS) is 21.3. The largest absolute Gasteiger partial charge is 0.390 e. The van der Waals surface area contributed by atoms with Crippen LogP contribution >= 0.6 is 23.2 Å². The van der Waals surface area contributed by atoms with E-state index in [-0.39, 0.29) is 6.04 Å². The van der Waals surface area contributed by atoms with Crippen molar-refractivity contribution in [1.82, 2.24) is 10.2 Å². The van der Waals surface area contributed by atoms with E-state index in [9.17, 15) is 5.11 Å². The fourth-order valence-electron chi connectivity index (χ4n) is 2.85. The highest BCUT2D eigenvalue weighted by Gasteiger charge is 2.29. The molecule has 1 aromatic rings. The molecular weight excluding hydrogens is 323 g/mol. The van der Waals surface area contributed by atoms with Crippen molar-refractivity contribution in [3.05, 3.63) is 33.8 Å². The van der Waals surface area contributed by atoms with Crippen molar-refractivity contribution in [3.63, 3.8) is 0 Å². The van der Waals surface area contributed by atoms with Crippen molar-refractivity contribution >= 4 is 23.2 Å². The lowest BCUT2D eigenvalue weighted by atomic mass is 9.92. The van der Waals surface area contributed by atoms with Gasteiger partial charge in [0, 0.05) is 41.7 Å². The van der Waals surface area contributed by atoms with Crippen LogP contribution in [0.15, 0.2) is 18.2 Å². The molecule has 1 aromatic carbocycles. The molecule has 0 bridgehead atoms. The minimum Gasteiger partial charge on any atom is -0.390 e. The van der Waals surface area contributed by atoms with Gasteiger partial charge in [-0.3, -0.25) is 0 Å². The second-order valence-corrected chi connectivity index (χ2v) is 6.94. The number of hydrogen-bond acceptors (Lipinski definition) is 4. The van der Waals surface area contributed by atoms with Crippen LogP contribution in [0.1, 0.15) is 18.0 Å². The zero-order valence-corrected chi connectivity index (χ0v) is 14.6. The van der Waals surface area contributed by atoms with E-state index in [0.717, 1.165) is 18.6 Å². The van der Waals surface area contributed by atoms with Gasteiger partial charge in [0.05, 0.1) is 12.7 Å². The van der Waals surface area contributed by atoms with E-state index in [1.165, 1.54) is 0 Å². The first-order valence-corrected chi connectivity index (χ1v) is 8.32. The molecule has 0 saturated carbocycles. The summed E-state index contributed by atoms with van der Waals surface area (Å²) in [5, 5.41) is 14.9. The van der Waals surface area contributed by atoms with Crippen LogP contribution in [0.4, 0.5) is 0 Å². The number of hydrogen-bond donors (Lipinski definition) is 2. The van der Waals surface area contributed by atoms with Gasteiger partial charge in [-0.1, -0.05) is 23.2 Å². The minimum atomic E-state index is -0.433. The van der Waals surface area contributed by atoms with Crippen LogP contribution in [0.3, 0.4) is 0 Å². The quantitative estimate of drug-likeness (QED) is 0.796. The zero-order valence-electron chi connectivity index (χ0n) is 13.1. The Kier molecular flexibility index (Phi) is 6.93. The second-order valence-electron chi connectivity index (χ2n) is 6.09. The second kappa shape index (κ2) is 8.48. The van der Waals surface area contributed by atoms with Gasteiger partial charge in [0.1, 0.15) is 0 Å². The molecule has 2 rings (SSSR count). The van der Waals surface area contributed by atoms with Crippen molar-refractivity contribution in [2.24, 2.45) is 5.92 Å². The number of likely N-dealkylation sites (N-methyl/N-ethyl adjacent to an activating group) is 1. The number of ether oxygens (including phenoxy) is 1. The number of rotatable bonds is 7. The minimum absolute atomic E-state index is 0.0329. The average Bonchev–Trinajstić information content (AvgIpc) is 2.96. The Hall–Kier alpha value is -0.360. The van der Waals surface area contributed by atoms with Crippen molar-refractivity contribution in [2.75, 3.05) is 40.4 Å². The van der Waals surface area contributed by atoms with Gasteiger partial charge in [-0.25, -0.2) is 0 Å². The SMILES string of the molecule is CN(C)CC(O)CNC(c1cc(Cl)ccc1Cl)C1CCOC1. The topological polar surface area (TPSA) is 44.7 Å². The molecule has 124 valence electrons. The highest BCUT2D eigenvalue weighted by molar-refractivity contribution is 6.33. The van der Waals surface area contributed by atoms with E-state index in [0.29, 0.717) is 35.7 Å². The Bertz CT molecular complexity index is 479. The van der Waals surface area contributed by atoms with E-state index < -0.39 is 6.10 Å². The molecule has 1 fully saturated rings. The lowest BCUT2D eigenvalue weighted by molar-refractivity contribution is 0.124. The maximum Gasteiger partial charge on any atom is 0.0791 e. The molecule has 22 heavy (non-hydrogen) atoms. The number of aliphatic hydroxyl groups excluding tert-OH is 1. The van der Waals surface area contributed by atoms with Crippen molar-refractivity contribution in [2.45, 2.75) is 18.6 Å². The van der Waals surface area contributed by atoms with Gasteiger partial charge in [-0.15, -0.1) is 0 Å². The van der Waals surface area contributed by atoms with E-state index in [2.05, 4.69) is 5.32 Å². The summed E-state index contributed by atoms with van der Waals surface area (Å²) in [7, 11) is 3.89. The number of nitrogens with zero attached hydrogens (tertiary/aromatic N) is 1. The first kappa shape index (κ1) is 18.0. The van der Waals surface area contributed by atoms with Crippen LogP contribution in [0.5, 0.6) is 0 Å². The molecule has 4 nitrogen and oxygen atoms in total. The number of aliphatic hydroxyl groups is 1. The highest BCUT2D eigenvalue weighted by atomic mass is 35.5. The van der Waals surface area contributed by atoms with Gasteiger partial charge >= 0.3 is 0 Å². The molecule has 0 amide bonds. The predicted octanol–water partition coefficient (Wildman–Crippen LogP) is 2.58. The summed E-state index contributed by atoms with van der Waals surface area (Å²) < 4.78 is 5.51. The molecule has 0 aliphatic carbocycles. The summed E-state index contributed by atoms with van der Waals surface area (Å²) in [4.78, 5) is 1.96. The van der Waals surface area contributed by atoms with Crippen LogP contribution in [-0.4, -0.2) is 56.5 Å². The standard InChI is InChI=1S/C16H24Cl2N2O2/c1-20(2)9-13(21)8-19-16(11-5-6-22-10-11)14-7-12(17)3-4-15(14)18/h3-4,7,11,13,16,19,21H,5-6,8-10H2,1-2H3. The van der Waals surface area contributed by atoms with E-state index in [1.54, 1.807) is 6.07 Å². The number of benzene rings is 1. The maximum absolute atomic E-state index is 10.1. The van der Waals surface area contributed by atoms with Crippen molar-refractivity contribution in [3.8, 4) is 0 Å². The zero-order chi connectivity index (χ0) is 16.1. The van der Waals surface area contributed by atoms with Crippen LogP contribution in [0.2, 0.25) is 10.0 Å². The molecule has 1 saturated heterocycles. The summed E-state index contributed by atoms with van der Waals surface area (Å²) in [6, 6.07) is 5.54. The van der Waals surface area contributed by atoms with Crippen LogP contribution in [0.25, 0.3) is 0 Å². The van der Waals surface area contributed by atoms with Crippen LogP contribution in [0, 0.1) is 5.92 Å². The third-order valence-electron chi connectivity index (χ3n) is 3.88. The molecule has 3 atom stereocenters. The van der Waals surface area contributed by atoms with E-state index >= 15 is 0 Å². The van der Waals surface area contributed by atoms with Gasteiger partial charge in [-0.05, 0) is 44.3 Å². The summed E-state index contributed by atoms with van der Waals surface area (Å²) >= 11 is 12.5. The first-order valence-electron chi connectivity index (χ1n) is 7.56. The Labute approximate surface area is 142 Å². The van der Waals surface area contributed by atoms with Gasteiger partial charge in [0.2, 0.25) is 0 Å². The molecule has 1 heterocycles. The molecule has 3 unspecified atom stereocenters. The molecule has 1 aliphatic heterocycles. The smallest absolute Gasteiger partial charge is 0.0791 e. The lowest BCUT2D eigenvalue weighted by Gasteiger charge is -2.27. The maximum atomic E-state index is 10.1. The Morgan fingerprint density at radius 2 is 2.18 bits per heavy atom. The molecule has 2 N–H and O–H groups in total. The summed E-state index contributed by atoms with van der Waals surface area (Å²) in [5.41, 5.74) is 0.974. The van der Waals surface area contributed by atoms with Crippen molar-refractivity contribution in [1.29, 1.82) is 0 Å². The van der Waals surface area contributed by atoms with Gasteiger partial charge < -0.3 is 20.1 Å². The summed E-state index contributed by atoms with van der Waals surface area (Å²) in [6.45, 7) is 2.58. The van der Waals surface area contributed by atoms with Crippen LogP contribution in [-0.2, 0) is 4.74 Å². The lowest BCUT2D eigenvalue weighted by Crippen LogP contribution is -2.39. The Morgan fingerprint density at radius 3 is 2.82 bits per heavy atom. The average molecular weight is 347 g/mol. The molecule has 6 heteroatoms. The van der Waals surface area contributed by atoms with Gasteiger partial charge in [0.15, 0.2) is 0 Å². The molecule has 0 radical (unpaired) electrons. The highest BCUT2D eigenvalue weighted by Crippen LogP contribution is 2.34. The fraction of sp³-hybridized carbons (Fsp3) is 0.625. The van der Waals surface area contributed by atoms with Gasteiger partial charge in [0.25, 0.3) is 0 Å². The predicted molar refractivity (Wildman–Crippen MR) is 90.7 cm³/mol. The monoisotopic (exact) mass is 346 g/mol. The Morgan fingerprint density at radius 1 is 1.41 bits per heavy atom. The first-order chi connectivity index (χ1) is 10.5. The molecule has 0 aromatic heterocycles. The summed E-state index contributed by atoms with van der Waals surface area (Å²) in [5.74, 6) is 0.336. The van der Waals surface area contributed by atoms with Crippen LogP contribution < -0.4 is 5.32 Å². The summed E-state index contributed by atoms with van der Waals surface area (Å²) in [6.07, 6.45) is 0.544. The third-order valence-corrected chi connectivity index (χ3v) is 4.46. The number of nitrogens with one attached hydrogen (secondary N) is 1. The Balaban J connectivity index is 2.11.